The number of hydrogen-bond acceptors (Lipinski definition) is 2. The lowest BCUT2D eigenvalue weighted by molar-refractivity contribution is -0.141. The van der Waals surface area contributed by atoms with E-state index in [4.69, 9.17) is 23.2 Å². The summed E-state index contributed by atoms with van der Waals surface area (Å²) in [6.45, 7) is 2.86. The van der Waals surface area contributed by atoms with Gasteiger partial charge in [0, 0.05) is 36.0 Å². The quantitative estimate of drug-likeness (QED) is 0.181. The number of halogens is 2. The Morgan fingerprint density at radius 1 is 0.872 bits per heavy atom. The van der Waals surface area contributed by atoms with Gasteiger partial charge in [-0.1, -0.05) is 115 Å². The van der Waals surface area contributed by atoms with Crippen molar-refractivity contribution in [3.8, 4) is 0 Å². The van der Waals surface area contributed by atoms with Gasteiger partial charge in [0.15, 0.2) is 0 Å². The van der Waals surface area contributed by atoms with E-state index < -0.39 is 6.04 Å². The zero-order valence-electron chi connectivity index (χ0n) is 22.2. The number of carbonyl (C=O) groups is 2. The molecule has 0 saturated carbocycles. The van der Waals surface area contributed by atoms with Crippen LogP contribution in [0.2, 0.25) is 10.0 Å². The summed E-state index contributed by atoms with van der Waals surface area (Å²) >= 11 is 12.7. The molecule has 1 atom stereocenters. The van der Waals surface area contributed by atoms with Crippen LogP contribution in [-0.4, -0.2) is 29.3 Å². The summed E-state index contributed by atoms with van der Waals surface area (Å²) < 4.78 is 0. The average molecular weight is 562 g/mol. The SMILES string of the molecule is CCCCNC(=O)C(Cc1ccccc1)N(Cc1ccc(Cl)cc1Cl)C(=O)CCc1cccc2ccccc12. The van der Waals surface area contributed by atoms with E-state index in [9.17, 15) is 9.59 Å². The van der Waals surface area contributed by atoms with Crippen LogP contribution in [0.15, 0.2) is 91.0 Å². The van der Waals surface area contributed by atoms with Crippen molar-refractivity contribution in [1.29, 1.82) is 0 Å². The monoisotopic (exact) mass is 560 g/mol. The second kappa shape index (κ2) is 14.2. The first kappa shape index (κ1) is 28.7. The Morgan fingerprint density at radius 2 is 1.62 bits per heavy atom. The van der Waals surface area contributed by atoms with Gasteiger partial charge in [0.2, 0.25) is 11.8 Å². The van der Waals surface area contributed by atoms with E-state index in [0.717, 1.165) is 40.3 Å². The summed E-state index contributed by atoms with van der Waals surface area (Å²) in [4.78, 5) is 29.3. The maximum Gasteiger partial charge on any atom is 0.243 e. The normalized spacial score (nSPS) is 11.8. The molecule has 0 heterocycles. The fourth-order valence-electron chi connectivity index (χ4n) is 4.79. The Kier molecular flexibility index (Phi) is 10.4. The summed E-state index contributed by atoms with van der Waals surface area (Å²) in [6, 6.07) is 28.7. The molecule has 39 heavy (non-hydrogen) atoms. The molecule has 0 aliphatic heterocycles. The molecule has 0 aliphatic rings. The summed E-state index contributed by atoms with van der Waals surface area (Å²) in [5.74, 6) is -0.253. The van der Waals surface area contributed by atoms with E-state index in [0.29, 0.717) is 29.4 Å². The highest BCUT2D eigenvalue weighted by Gasteiger charge is 2.30. The molecule has 1 N–H and O–H groups in total. The molecular formula is C33H34Cl2N2O2. The van der Waals surface area contributed by atoms with Crippen LogP contribution in [0.3, 0.4) is 0 Å². The molecule has 0 saturated heterocycles. The third kappa shape index (κ3) is 7.84. The Bertz CT molecular complexity index is 1400. The van der Waals surface area contributed by atoms with Crippen LogP contribution in [0.5, 0.6) is 0 Å². The Hall–Kier alpha value is -3.34. The predicted octanol–water partition coefficient (Wildman–Crippen LogP) is 7.64. The highest BCUT2D eigenvalue weighted by atomic mass is 35.5. The molecule has 4 aromatic carbocycles. The van der Waals surface area contributed by atoms with Crippen molar-refractivity contribution in [3.05, 3.63) is 118 Å². The largest absolute Gasteiger partial charge is 0.354 e. The summed E-state index contributed by atoms with van der Waals surface area (Å²) in [5.41, 5.74) is 2.85. The molecule has 0 fully saturated rings. The number of nitrogens with zero attached hydrogens (tertiary/aromatic N) is 1. The fraction of sp³-hybridized carbons (Fsp3) is 0.273. The van der Waals surface area contributed by atoms with Crippen LogP contribution < -0.4 is 5.32 Å². The Labute approximate surface area is 240 Å². The first-order valence-electron chi connectivity index (χ1n) is 13.5. The smallest absolute Gasteiger partial charge is 0.243 e. The highest BCUT2D eigenvalue weighted by molar-refractivity contribution is 6.35. The maximum atomic E-state index is 14.0. The average Bonchev–Trinajstić information content (AvgIpc) is 2.95. The number of amides is 2. The van der Waals surface area contributed by atoms with Gasteiger partial charge in [-0.15, -0.1) is 0 Å². The molecule has 0 spiro atoms. The molecule has 0 aliphatic carbocycles. The summed E-state index contributed by atoms with van der Waals surface area (Å²) in [7, 11) is 0. The number of hydrogen-bond donors (Lipinski definition) is 1. The second-order valence-electron chi connectivity index (χ2n) is 9.75. The molecule has 0 aromatic heterocycles. The zero-order chi connectivity index (χ0) is 27.6. The van der Waals surface area contributed by atoms with Gasteiger partial charge in [0.25, 0.3) is 0 Å². The van der Waals surface area contributed by atoms with Crippen LogP contribution in [0, 0.1) is 0 Å². The lowest BCUT2D eigenvalue weighted by atomic mass is 9.99. The zero-order valence-corrected chi connectivity index (χ0v) is 23.7. The molecular weight excluding hydrogens is 527 g/mol. The van der Waals surface area contributed by atoms with Crippen molar-refractivity contribution >= 4 is 45.8 Å². The number of rotatable bonds is 12. The van der Waals surface area contributed by atoms with Crippen molar-refractivity contribution in [2.75, 3.05) is 6.54 Å². The molecule has 202 valence electrons. The maximum absolute atomic E-state index is 14.0. The number of benzene rings is 4. The van der Waals surface area contributed by atoms with Gasteiger partial charge in [-0.25, -0.2) is 0 Å². The molecule has 6 heteroatoms. The third-order valence-corrected chi connectivity index (χ3v) is 7.53. The van der Waals surface area contributed by atoms with Crippen molar-refractivity contribution in [1.82, 2.24) is 10.2 Å². The molecule has 4 aromatic rings. The molecule has 1 unspecified atom stereocenters. The van der Waals surface area contributed by atoms with E-state index in [2.05, 4.69) is 36.5 Å². The van der Waals surface area contributed by atoms with E-state index in [1.807, 2.05) is 54.6 Å². The first-order valence-corrected chi connectivity index (χ1v) is 14.2. The van der Waals surface area contributed by atoms with Gasteiger partial charge in [-0.2, -0.15) is 0 Å². The van der Waals surface area contributed by atoms with Gasteiger partial charge < -0.3 is 10.2 Å². The van der Waals surface area contributed by atoms with Crippen molar-refractivity contribution < 1.29 is 9.59 Å². The van der Waals surface area contributed by atoms with E-state index in [-0.39, 0.29) is 24.8 Å². The predicted molar refractivity (Wildman–Crippen MR) is 161 cm³/mol. The molecule has 4 nitrogen and oxygen atoms in total. The molecule has 0 radical (unpaired) electrons. The third-order valence-electron chi connectivity index (χ3n) is 6.94. The van der Waals surface area contributed by atoms with Crippen molar-refractivity contribution in [2.45, 2.75) is 51.6 Å². The fourth-order valence-corrected chi connectivity index (χ4v) is 5.26. The summed E-state index contributed by atoms with van der Waals surface area (Å²) in [6.07, 6.45) is 3.09. The number of carbonyl (C=O) groups excluding carboxylic acids is 2. The minimum Gasteiger partial charge on any atom is -0.354 e. The van der Waals surface area contributed by atoms with Crippen LogP contribution >= 0.6 is 23.2 Å². The van der Waals surface area contributed by atoms with Crippen LogP contribution in [0.1, 0.15) is 42.9 Å². The number of aryl methyl sites for hydroxylation is 1. The van der Waals surface area contributed by atoms with Gasteiger partial charge in [-0.3, -0.25) is 9.59 Å². The van der Waals surface area contributed by atoms with Crippen LogP contribution in [0.4, 0.5) is 0 Å². The Balaban J connectivity index is 1.65. The van der Waals surface area contributed by atoms with Gasteiger partial charge in [0.1, 0.15) is 6.04 Å². The summed E-state index contributed by atoms with van der Waals surface area (Å²) in [5, 5.41) is 6.34. The lowest BCUT2D eigenvalue weighted by Crippen LogP contribution is -2.50. The number of unbranched alkanes of at least 4 members (excludes halogenated alkanes) is 1. The van der Waals surface area contributed by atoms with Gasteiger partial charge >= 0.3 is 0 Å². The van der Waals surface area contributed by atoms with Crippen LogP contribution in [0.25, 0.3) is 10.8 Å². The van der Waals surface area contributed by atoms with Crippen molar-refractivity contribution in [2.24, 2.45) is 0 Å². The lowest BCUT2D eigenvalue weighted by Gasteiger charge is -2.32. The molecule has 0 bridgehead atoms. The standard InChI is InChI=1S/C33H34Cl2N2O2/c1-2-3-20-36-33(39)31(21-24-10-5-4-6-11-24)37(23-27-16-18-28(34)22-30(27)35)32(38)19-17-26-14-9-13-25-12-7-8-15-29(25)26/h4-16,18,22,31H,2-3,17,19-21,23H2,1H3,(H,36,39). The number of fused-ring (bicyclic) bond motifs is 1. The topological polar surface area (TPSA) is 49.4 Å². The van der Waals surface area contributed by atoms with E-state index >= 15 is 0 Å². The van der Waals surface area contributed by atoms with E-state index in [1.54, 1.807) is 17.0 Å². The second-order valence-corrected chi connectivity index (χ2v) is 10.6. The first-order chi connectivity index (χ1) is 19.0. The molecule has 4 rings (SSSR count). The Morgan fingerprint density at radius 3 is 2.38 bits per heavy atom. The minimum absolute atomic E-state index is 0.0967. The van der Waals surface area contributed by atoms with Gasteiger partial charge in [-0.05, 0) is 52.4 Å². The van der Waals surface area contributed by atoms with Gasteiger partial charge in [0.05, 0.1) is 0 Å². The highest BCUT2D eigenvalue weighted by Crippen LogP contribution is 2.25. The minimum atomic E-state index is -0.684. The molecule has 2 amide bonds. The van der Waals surface area contributed by atoms with Crippen molar-refractivity contribution in [3.63, 3.8) is 0 Å². The van der Waals surface area contributed by atoms with E-state index in [1.165, 1.54) is 0 Å². The van der Waals surface area contributed by atoms with Crippen LogP contribution in [-0.2, 0) is 29.0 Å². The number of nitrogens with one attached hydrogen (secondary N) is 1.